The molecule has 17 heavy (non-hydrogen) atoms. The largest absolute Gasteiger partial charge is 0.416 e. The molecule has 0 aliphatic heterocycles. The van der Waals surface area contributed by atoms with Crippen LogP contribution >= 0.6 is 11.6 Å². The van der Waals surface area contributed by atoms with Gasteiger partial charge in [-0.2, -0.15) is 13.2 Å². The van der Waals surface area contributed by atoms with Crippen molar-refractivity contribution in [2.75, 3.05) is 5.32 Å². The average molecular weight is 265 g/mol. The predicted molar refractivity (Wildman–Crippen MR) is 62.1 cm³/mol. The van der Waals surface area contributed by atoms with Crippen LogP contribution in [0.4, 0.5) is 19.0 Å². The Kier molecular flexibility index (Phi) is 4.40. The van der Waals surface area contributed by atoms with Crippen LogP contribution in [0.15, 0.2) is 24.8 Å². The molecule has 0 saturated heterocycles. The van der Waals surface area contributed by atoms with E-state index in [1.54, 1.807) is 6.08 Å². The van der Waals surface area contributed by atoms with E-state index in [9.17, 15) is 13.2 Å². The molecule has 0 fully saturated rings. The smallest absolute Gasteiger partial charge is 0.367 e. The van der Waals surface area contributed by atoms with Gasteiger partial charge in [0.1, 0.15) is 11.0 Å². The zero-order chi connectivity index (χ0) is 13.1. The van der Waals surface area contributed by atoms with Gasteiger partial charge in [0.05, 0.1) is 5.56 Å². The van der Waals surface area contributed by atoms with Gasteiger partial charge in [0, 0.05) is 6.04 Å². The van der Waals surface area contributed by atoms with Gasteiger partial charge in [-0.25, -0.2) is 4.98 Å². The fraction of sp³-hybridized carbons (Fsp3) is 0.364. The molecule has 0 aliphatic rings. The lowest BCUT2D eigenvalue weighted by Gasteiger charge is -2.14. The Morgan fingerprint density at radius 1 is 1.53 bits per heavy atom. The van der Waals surface area contributed by atoms with Gasteiger partial charge >= 0.3 is 6.18 Å². The molecule has 1 atom stereocenters. The molecule has 0 bridgehead atoms. The lowest BCUT2D eigenvalue weighted by molar-refractivity contribution is -0.137. The second-order valence-electron chi connectivity index (χ2n) is 3.63. The van der Waals surface area contributed by atoms with Crippen LogP contribution in [-0.4, -0.2) is 11.0 Å². The van der Waals surface area contributed by atoms with E-state index in [4.69, 9.17) is 11.6 Å². The maximum atomic E-state index is 12.5. The third-order valence-electron chi connectivity index (χ3n) is 2.04. The molecule has 1 heterocycles. The van der Waals surface area contributed by atoms with Crippen molar-refractivity contribution >= 4 is 17.4 Å². The minimum absolute atomic E-state index is 0.0560. The molecule has 0 spiro atoms. The lowest BCUT2D eigenvalue weighted by atomic mass is 10.2. The first-order chi connectivity index (χ1) is 7.82. The lowest BCUT2D eigenvalue weighted by Crippen LogP contribution is -2.16. The van der Waals surface area contributed by atoms with Crippen molar-refractivity contribution in [3.05, 3.63) is 35.5 Å². The van der Waals surface area contributed by atoms with E-state index >= 15 is 0 Å². The van der Waals surface area contributed by atoms with Crippen LogP contribution in [0.2, 0.25) is 5.15 Å². The zero-order valence-corrected chi connectivity index (χ0v) is 9.94. The van der Waals surface area contributed by atoms with Gasteiger partial charge in [-0.3, -0.25) is 0 Å². The van der Waals surface area contributed by atoms with Crippen molar-refractivity contribution in [3.8, 4) is 0 Å². The summed E-state index contributed by atoms with van der Waals surface area (Å²) in [5.74, 6) is 0.110. The highest BCUT2D eigenvalue weighted by Gasteiger charge is 2.31. The molecule has 1 aromatic heterocycles. The molecule has 0 aliphatic carbocycles. The van der Waals surface area contributed by atoms with E-state index in [0.717, 1.165) is 12.1 Å². The number of halogens is 4. The summed E-state index contributed by atoms with van der Waals surface area (Å²) in [7, 11) is 0. The fourth-order valence-electron chi connectivity index (χ4n) is 1.30. The van der Waals surface area contributed by atoms with E-state index in [1.165, 1.54) is 0 Å². The van der Waals surface area contributed by atoms with E-state index in [1.807, 2.05) is 6.92 Å². The predicted octanol–water partition coefficient (Wildman–Crippen LogP) is 4.13. The number of aromatic nitrogens is 1. The standard InChI is InChI=1S/C11H12ClF3N2/c1-3-4-7(2)16-10-6-8(11(13,14)15)5-9(12)17-10/h3,5-7H,1,4H2,2H3,(H,16,17). The third kappa shape index (κ3) is 4.26. The van der Waals surface area contributed by atoms with Gasteiger partial charge in [0.25, 0.3) is 0 Å². The maximum Gasteiger partial charge on any atom is 0.416 e. The fourth-order valence-corrected chi connectivity index (χ4v) is 1.50. The van der Waals surface area contributed by atoms with Crippen molar-refractivity contribution in [1.82, 2.24) is 4.98 Å². The molecule has 0 amide bonds. The summed E-state index contributed by atoms with van der Waals surface area (Å²) in [5.41, 5.74) is -0.814. The Bertz CT molecular complexity index is 404. The number of alkyl halides is 3. The number of hydrogen-bond acceptors (Lipinski definition) is 2. The SMILES string of the molecule is C=CCC(C)Nc1cc(C(F)(F)F)cc(Cl)n1. The topological polar surface area (TPSA) is 24.9 Å². The first kappa shape index (κ1) is 13.8. The summed E-state index contributed by atoms with van der Waals surface area (Å²) in [4.78, 5) is 3.79. The average Bonchev–Trinajstić information content (AvgIpc) is 2.15. The molecule has 1 rings (SSSR count). The Labute approximate surface area is 103 Å². The van der Waals surface area contributed by atoms with Crippen molar-refractivity contribution in [2.24, 2.45) is 0 Å². The Morgan fingerprint density at radius 2 is 2.18 bits per heavy atom. The molecule has 1 aromatic rings. The molecule has 1 N–H and O–H groups in total. The van der Waals surface area contributed by atoms with Crippen molar-refractivity contribution < 1.29 is 13.2 Å². The second-order valence-corrected chi connectivity index (χ2v) is 4.02. The molecule has 0 saturated carbocycles. The Morgan fingerprint density at radius 3 is 2.71 bits per heavy atom. The number of nitrogens with zero attached hydrogens (tertiary/aromatic N) is 1. The molecular weight excluding hydrogens is 253 g/mol. The van der Waals surface area contributed by atoms with Crippen molar-refractivity contribution in [2.45, 2.75) is 25.6 Å². The second kappa shape index (κ2) is 5.40. The zero-order valence-electron chi connectivity index (χ0n) is 9.18. The minimum atomic E-state index is -4.43. The van der Waals surface area contributed by atoms with Crippen molar-refractivity contribution in [1.29, 1.82) is 0 Å². The maximum absolute atomic E-state index is 12.5. The summed E-state index contributed by atoms with van der Waals surface area (Å²) in [5, 5.41) is 2.64. The van der Waals surface area contributed by atoms with E-state index in [-0.39, 0.29) is 17.0 Å². The summed E-state index contributed by atoms with van der Waals surface area (Å²) >= 11 is 5.55. The van der Waals surface area contributed by atoms with Gasteiger partial charge in [-0.1, -0.05) is 17.7 Å². The van der Waals surface area contributed by atoms with Crippen LogP contribution in [0.5, 0.6) is 0 Å². The van der Waals surface area contributed by atoms with E-state index in [2.05, 4.69) is 16.9 Å². The highest BCUT2D eigenvalue weighted by atomic mass is 35.5. The Balaban J connectivity index is 2.94. The van der Waals surface area contributed by atoms with E-state index < -0.39 is 11.7 Å². The van der Waals surface area contributed by atoms with Crippen LogP contribution in [0, 0.1) is 0 Å². The normalized spacial score (nSPS) is 13.2. The monoisotopic (exact) mass is 264 g/mol. The molecule has 2 nitrogen and oxygen atoms in total. The highest BCUT2D eigenvalue weighted by molar-refractivity contribution is 6.29. The van der Waals surface area contributed by atoms with Gasteiger partial charge in [-0.15, -0.1) is 6.58 Å². The number of rotatable bonds is 4. The quantitative estimate of drug-likeness (QED) is 0.653. The molecule has 0 radical (unpaired) electrons. The first-order valence-electron chi connectivity index (χ1n) is 4.95. The summed E-state index contributed by atoms with van der Waals surface area (Å²) in [6.45, 7) is 5.37. The van der Waals surface area contributed by atoms with Crippen LogP contribution in [-0.2, 0) is 6.18 Å². The van der Waals surface area contributed by atoms with Crippen LogP contribution < -0.4 is 5.32 Å². The number of anilines is 1. The van der Waals surface area contributed by atoms with Gasteiger partial charge in [0.2, 0.25) is 0 Å². The summed E-state index contributed by atoms with van der Waals surface area (Å²) in [6, 6.07) is 1.68. The molecule has 94 valence electrons. The molecule has 1 unspecified atom stereocenters. The highest BCUT2D eigenvalue weighted by Crippen LogP contribution is 2.32. The summed E-state index contributed by atoms with van der Waals surface area (Å²) in [6.07, 6.45) is -2.13. The number of hydrogen-bond donors (Lipinski definition) is 1. The first-order valence-corrected chi connectivity index (χ1v) is 5.33. The van der Waals surface area contributed by atoms with Gasteiger partial charge < -0.3 is 5.32 Å². The number of nitrogens with one attached hydrogen (secondary N) is 1. The van der Waals surface area contributed by atoms with Crippen LogP contribution in [0.1, 0.15) is 18.9 Å². The Hall–Kier alpha value is -1.23. The number of pyridine rings is 1. The van der Waals surface area contributed by atoms with E-state index in [0.29, 0.717) is 6.42 Å². The minimum Gasteiger partial charge on any atom is -0.367 e. The van der Waals surface area contributed by atoms with Crippen LogP contribution in [0.3, 0.4) is 0 Å². The van der Waals surface area contributed by atoms with Crippen LogP contribution in [0.25, 0.3) is 0 Å². The van der Waals surface area contributed by atoms with Gasteiger partial charge in [-0.05, 0) is 25.5 Å². The van der Waals surface area contributed by atoms with Gasteiger partial charge in [0.15, 0.2) is 0 Å². The molecular formula is C11H12ClF3N2. The molecule has 0 aromatic carbocycles. The third-order valence-corrected chi connectivity index (χ3v) is 2.23. The molecule has 6 heteroatoms. The summed E-state index contributed by atoms with van der Waals surface area (Å²) < 4.78 is 37.5. The van der Waals surface area contributed by atoms with Crippen molar-refractivity contribution in [3.63, 3.8) is 0 Å².